The summed E-state index contributed by atoms with van der Waals surface area (Å²) in [6.45, 7) is 3.85. The van der Waals surface area contributed by atoms with Crippen LogP contribution in [-0.4, -0.2) is 70.3 Å². The molecule has 2 rings (SSSR count). The summed E-state index contributed by atoms with van der Waals surface area (Å²) in [5.74, 6) is -0.106. The van der Waals surface area contributed by atoms with E-state index in [0.29, 0.717) is 24.6 Å². The van der Waals surface area contributed by atoms with Gasteiger partial charge < -0.3 is 10.0 Å². The number of carbonyl (C=O) groups is 1. The van der Waals surface area contributed by atoms with Crippen molar-refractivity contribution in [2.24, 2.45) is 0 Å². The monoisotopic (exact) mass is 290 g/mol. The van der Waals surface area contributed by atoms with Crippen LogP contribution in [0.1, 0.15) is 16.2 Å². The number of carbonyl (C=O) groups excluding carboxylic acids is 1. The maximum absolute atomic E-state index is 12.1. The van der Waals surface area contributed by atoms with Crippen molar-refractivity contribution in [3.63, 3.8) is 0 Å². The lowest BCUT2D eigenvalue weighted by atomic mass is 10.4. The van der Waals surface area contributed by atoms with Crippen molar-refractivity contribution in [3.8, 4) is 0 Å². The molecule has 6 nitrogen and oxygen atoms in total. The predicted octanol–water partition coefficient (Wildman–Crippen LogP) is 0.332. The fourth-order valence-electron chi connectivity index (χ4n) is 1.97. The van der Waals surface area contributed by atoms with Crippen molar-refractivity contribution >= 4 is 28.8 Å². The minimum atomic E-state index is -0.106. The number of β-amino-alcohol motifs (C(OH)–C–C–N with tert-alkyl or cyclic N) is 1. The molecule has 1 aromatic heterocycles. The predicted molar refractivity (Wildman–Crippen MR) is 69.0 cm³/mol. The summed E-state index contributed by atoms with van der Waals surface area (Å²) in [6.07, 6.45) is 0.901. The molecule has 1 fully saturated rings. The van der Waals surface area contributed by atoms with E-state index in [0.717, 1.165) is 30.8 Å². The van der Waals surface area contributed by atoms with Crippen LogP contribution in [0.2, 0.25) is 4.47 Å². The van der Waals surface area contributed by atoms with Gasteiger partial charge in [0.05, 0.1) is 6.61 Å². The number of aliphatic hydroxyl groups excluding tert-OH is 1. The number of amides is 1. The molecule has 100 valence electrons. The molecule has 1 aliphatic rings. The van der Waals surface area contributed by atoms with E-state index < -0.39 is 0 Å². The maximum Gasteiger partial charge on any atom is 0.284 e. The number of aliphatic hydroxyl groups is 1. The molecule has 0 saturated carbocycles. The van der Waals surface area contributed by atoms with Crippen molar-refractivity contribution in [2.45, 2.75) is 6.42 Å². The second-order valence-corrected chi connectivity index (χ2v) is 5.63. The smallest absolute Gasteiger partial charge is 0.284 e. The van der Waals surface area contributed by atoms with Gasteiger partial charge in [0.15, 0.2) is 0 Å². The molecule has 1 aliphatic heterocycles. The van der Waals surface area contributed by atoms with Crippen molar-refractivity contribution in [1.82, 2.24) is 20.0 Å². The molecule has 0 spiro atoms. The Morgan fingerprint density at radius 3 is 2.83 bits per heavy atom. The van der Waals surface area contributed by atoms with E-state index >= 15 is 0 Å². The molecule has 18 heavy (non-hydrogen) atoms. The van der Waals surface area contributed by atoms with E-state index in [1.807, 2.05) is 0 Å². The Morgan fingerprint density at radius 2 is 2.17 bits per heavy atom. The van der Waals surface area contributed by atoms with Gasteiger partial charge >= 0.3 is 0 Å². The van der Waals surface area contributed by atoms with Gasteiger partial charge in [0.1, 0.15) is 0 Å². The molecule has 2 heterocycles. The van der Waals surface area contributed by atoms with Crippen LogP contribution in [0.3, 0.4) is 0 Å². The molecule has 1 saturated heterocycles. The quantitative estimate of drug-likeness (QED) is 0.869. The summed E-state index contributed by atoms with van der Waals surface area (Å²) in [7, 11) is 0. The normalized spacial score (nSPS) is 17.8. The van der Waals surface area contributed by atoms with Gasteiger partial charge in [-0.2, -0.15) is 0 Å². The first-order valence-electron chi connectivity index (χ1n) is 5.82. The van der Waals surface area contributed by atoms with Gasteiger partial charge in [0.2, 0.25) is 9.47 Å². The molecule has 0 unspecified atom stereocenters. The summed E-state index contributed by atoms with van der Waals surface area (Å²) in [5, 5.41) is 16.7. The molecule has 0 radical (unpaired) electrons. The highest BCUT2D eigenvalue weighted by molar-refractivity contribution is 7.17. The standard InChI is InChI=1S/C10H15ClN4O2S/c11-10-13-12-8(18-10)9(17)15-3-1-2-14(4-5-15)6-7-16/h16H,1-7H2. The van der Waals surface area contributed by atoms with Gasteiger partial charge in [0, 0.05) is 26.2 Å². The van der Waals surface area contributed by atoms with Gasteiger partial charge in [-0.25, -0.2) is 0 Å². The van der Waals surface area contributed by atoms with Crippen LogP contribution in [-0.2, 0) is 0 Å². The van der Waals surface area contributed by atoms with Crippen molar-refractivity contribution in [2.75, 3.05) is 39.3 Å². The number of hydrogen-bond donors (Lipinski definition) is 1. The van der Waals surface area contributed by atoms with Crippen LogP contribution in [0, 0.1) is 0 Å². The zero-order valence-electron chi connectivity index (χ0n) is 9.88. The molecule has 1 aromatic rings. The van der Waals surface area contributed by atoms with E-state index in [1.54, 1.807) is 4.90 Å². The van der Waals surface area contributed by atoms with E-state index in [1.165, 1.54) is 0 Å². The number of aromatic nitrogens is 2. The van der Waals surface area contributed by atoms with Crippen LogP contribution < -0.4 is 0 Å². The van der Waals surface area contributed by atoms with Crippen molar-refractivity contribution < 1.29 is 9.90 Å². The summed E-state index contributed by atoms with van der Waals surface area (Å²) >= 11 is 6.78. The minimum Gasteiger partial charge on any atom is -0.395 e. The van der Waals surface area contributed by atoms with Crippen molar-refractivity contribution in [3.05, 3.63) is 9.47 Å². The Hall–Kier alpha value is -0.760. The number of nitrogens with zero attached hydrogens (tertiary/aromatic N) is 4. The molecular weight excluding hydrogens is 276 g/mol. The number of hydrogen-bond acceptors (Lipinski definition) is 6. The third-order valence-corrected chi connectivity index (χ3v) is 3.88. The first kappa shape index (κ1) is 13.7. The van der Waals surface area contributed by atoms with Crippen LogP contribution in [0.25, 0.3) is 0 Å². The molecule has 0 aliphatic carbocycles. The third kappa shape index (κ3) is 3.38. The van der Waals surface area contributed by atoms with Gasteiger partial charge in [-0.1, -0.05) is 11.3 Å². The molecule has 0 bridgehead atoms. The Bertz CT molecular complexity index is 414. The second kappa shape index (κ2) is 6.42. The lowest BCUT2D eigenvalue weighted by Gasteiger charge is -2.20. The van der Waals surface area contributed by atoms with Crippen LogP contribution in [0.15, 0.2) is 0 Å². The fourth-order valence-corrected chi connectivity index (χ4v) is 2.76. The van der Waals surface area contributed by atoms with E-state index in [-0.39, 0.29) is 17.0 Å². The van der Waals surface area contributed by atoms with Gasteiger partial charge in [-0.15, -0.1) is 10.2 Å². The molecular formula is C10H15ClN4O2S. The average Bonchev–Trinajstić information content (AvgIpc) is 2.65. The Labute approximate surface area is 114 Å². The number of rotatable bonds is 3. The Kier molecular flexibility index (Phi) is 4.87. The molecule has 0 atom stereocenters. The topological polar surface area (TPSA) is 69.6 Å². The summed E-state index contributed by atoms with van der Waals surface area (Å²) in [5.41, 5.74) is 0. The third-order valence-electron chi connectivity index (χ3n) is 2.88. The second-order valence-electron chi connectivity index (χ2n) is 4.07. The molecule has 1 N–H and O–H groups in total. The zero-order chi connectivity index (χ0) is 13.0. The van der Waals surface area contributed by atoms with E-state index in [4.69, 9.17) is 16.7 Å². The summed E-state index contributed by atoms with van der Waals surface area (Å²) < 4.78 is 0.287. The largest absolute Gasteiger partial charge is 0.395 e. The first-order valence-corrected chi connectivity index (χ1v) is 7.01. The fraction of sp³-hybridized carbons (Fsp3) is 0.700. The minimum absolute atomic E-state index is 0.106. The lowest BCUT2D eigenvalue weighted by Crippen LogP contribution is -2.35. The van der Waals surface area contributed by atoms with Crippen molar-refractivity contribution in [1.29, 1.82) is 0 Å². The maximum atomic E-state index is 12.1. The first-order chi connectivity index (χ1) is 8.70. The van der Waals surface area contributed by atoms with Gasteiger partial charge in [-0.3, -0.25) is 9.69 Å². The molecule has 0 aromatic carbocycles. The highest BCUT2D eigenvalue weighted by Gasteiger charge is 2.22. The van der Waals surface area contributed by atoms with Gasteiger partial charge in [0.25, 0.3) is 5.91 Å². The lowest BCUT2D eigenvalue weighted by molar-refractivity contribution is 0.0759. The van der Waals surface area contributed by atoms with E-state index in [9.17, 15) is 4.79 Å². The molecule has 1 amide bonds. The van der Waals surface area contributed by atoms with Crippen LogP contribution >= 0.6 is 22.9 Å². The Balaban J connectivity index is 1.95. The summed E-state index contributed by atoms with van der Waals surface area (Å²) in [6, 6.07) is 0. The summed E-state index contributed by atoms with van der Waals surface area (Å²) in [4.78, 5) is 16.1. The average molecular weight is 291 g/mol. The SMILES string of the molecule is O=C(c1nnc(Cl)s1)N1CCCN(CCO)CC1. The van der Waals surface area contributed by atoms with Crippen LogP contribution in [0.4, 0.5) is 0 Å². The van der Waals surface area contributed by atoms with Crippen LogP contribution in [0.5, 0.6) is 0 Å². The molecule has 8 heteroatoms. The van der Waals surface area contributed by atoms with E-state index in [2.05, 4.69) is 15.1 Å². The highest BCUT2D eigenvalue weighted by atomic mass is 35.5. The highest BCUT2D eigenvalue weighted by Crippen LogP contribution is 2.17. The zero-order valence-corrected chi connectivity index (χ0v) is 11.5. The Morgan fingerprint density at radius 1 is 1.33 bits per heavy atom. The number of halogens is 1. The van der Waals surface area contributed by atoms with Gasteiger partial charge in [-0.05, 0) is 24.6 Å².